The van der Waals surface area contributed by atoms with E-state index in [2.05, 4.69) is 17.6 Å². The Morgan fingerprint density at radius 3 is 2.46 bits per heavy atom. The summed E-state index contributed by atoms with van der Waals surface area (Å²) in [6.45, 7) is 4.19. The van der Waals surface area contributed by atoms with Crippen molar-refractivity contribution in [2.75, 3.05) is 6.54 Å². The summed E-state index contributed by atoms with van der Waals surface area (Å²) in [4.78, 5) is 24.4. The number of unbranched alkanes of at least 4 members (excludes halogenated alkanes) is 2. The van der Waals surface area contributed by atoms with E-state index in [4.69, 9.17) is 0 Å². The van der Waals surface area contributed by atoms with E-state index in [1.54, 1.807) is 18.2 Å². The summed E-state index contributed by atoms with van der Waals surface area (Å²) in [7, 11) is 0. The highest BCUT2D eigenvalue weighted by molar-refractivity contribution is 5.93. The van der Waals surface area contributed by atoms with Gasteiger partial charge in [0.2, 0.25) is 11.8 Å². The van der Waals surface area contributed by atoms with Gasteiger partial charge in [-0.25, -0.2) is 8.78 Å². The molecule has 1 aromatic carbocycles. The number of nitrogens with one attached hydrogen (secondary N) is 2. The molecule has 6 heteroatoms. The van der Waals surface area contributed by atoms with Crippen molar-refractivity contribution in [2.24, 2.45) is 0 Å². The minimum absolute atomic E-state index is 0.00904. The number of carbonyl (C=O) groups is 2. The summed E-state index contributed by atoms with van der Waals surface area (Å²) in [6, 6.07) is 2.14. The SMILES string of the molecule is C/C=C\CNC(=O)[C@H](Cc1cc(F)cc(F)c1)NC(=O)/C=C/CCCC. The van der Waals surface area contributed by atoms with Crippen molar-refractivity contribution in [2.45, 2.75) is 45.6 Å². The van der Waals surface area contributed by atoms with E-state index >= 15 is 0 Å². The fourth-order valence-electron chi connectivity index (χ4n) is 2.31. The molecule has 0 saturated heterocycles. The average Bonchev–Trinajstić information content (AvgIpc) is 2.57. The van der Waals surface area contributed by atoms with Crippen LogP contribution in [0.5, 0.6) is 0 Å². The third-order valence-corrected chi connectivity index (χ3v) is 3.62. The molecular formula is C20H26F2N2O2. The molecule has 0 aliphatic heterocycles. The van der Waals surface area contributed by atoms with Gasteiger partial charge < -0.3 is 10.6 Å². The molecule has 0 aliphatic rings. The predicted octanol–water partition coefficient (Wildman–Crippen LogP) is 3.43. The second-order valence-electron chi connectivity index (χ2n) is 5.90. The monoisotopic (exact) mass is 364 g/mol. The fourth-order valence-corrected chi connectivity index (χ4v) is 2.31. The standard InChI is InChI=1S/C20H26F2N2O2/c1-3-5-7-8-9-19(25)24-18(20(26)23-10-6-4-2)13-15-11-16(21)14-17(22)12-15/h4,6,8-9,11-12,14,18H,3,5,7,10,13H2,1-2H3,(H,23,26)(H,24,25)/b6-4-,9-8+/t18-/m0/s1. The number of carbonyl (C=O) groups excluding carboxylic acids is 2. The molecule has 0 heterocycles. The lowest BCUT2D eigenvalue weighted by molar-refractivity contribution is -0.126. The molecular weight excluding hydrogens is 338 g/mol. The largest absolute Gasteiger partial charge is 0.351 e. The van der Waals surface area contributed by atoms with Gasteiger partial charge in [-0.3, -0.25) is 9.59 Å². The Morgan fingerprint density at radius 1 is 1.15 bits per heavy atom. The first kappa shape index (κ1) is 21.5. The van der Waals surface area contributed by atoms with Gasteiger partial charge >= 0.3 is 0 Å². The first-order chi connectivity index (χ1) is 12.5. The van der Waals surface area contributed by atoms with Gasteiger partial charge in [-0.15, -0.1) is 0 Å². The first-order valence-corrected chi connectivity index (χ1v) is 8.77. The quantitative estimate of drug-likeness (QED) is 0.380. The molecule has 0 aromatic heterocycles. The van der Waals surface area contributed by atoms with Crippen LogP contribution in [0.15, 0.2) is 42.5 Å². The van der Waals surface area contributed by atoms with Crippen LogP contribution in [0.4, 0.5) is 8.78 Å². The third kappa shape index (κ3) is 8.55. The number of amides is 2. The molecule has 1 rings (SSSR count). The lowest BCUT2D eigenvalue weighted by Crippen LogP contribution is -2.47. The smallest absolute Gasteiger partial charge is 0.244 e. The highest BCUT2D eigenvalue weighted by atomic mass is 19.1. The Hall–Kier alpha value is -2.50. The van der Waals surface area contributed by atoms with Gasteiger partial charge in [0.1, 0.15) is 17.7 Å². The zero-order valence-corrected chi connectivity index (χ0v) is 15.2. The molecule has 0 aliphatic carbocycles. The summed E-state index contributed by atoms with van der Waals surface area (Å²) >= 11 is 0. The molecule has 0 spiro atoms. The topological polar surface area (TPSA) is 58.2 Å². The molecule has 2 amide bonds. The van der Waals surface area contributed by atoms with E-state index in [1.165, 1.54) is 6.08 Å². The molecule has 26 heavy (non-hydrogen) atoms. The van der Waals surface area contributed by atoms with Gasteiger partial charge in [0.05, 0.1) is 0 Å². The molecule has 0 radical (unpaired) electrons. The minimum Gasteiger partial charge on any atom is -0.351 e. The Bertz CT molecular complexity index is 637. The number of hydrogen-bond donors (Lipinski definition) is 2. The maximum atomic E-state index is 13.4. The highest BCUT2D eigenvalue weighted by Gasteiger charge is 2.20. The first-order valence-electron chi connectivity index (χ1n) is 8.77. The Morgan fingerprint density at radius 2 is 1.85 bits per heavy atom. The van der Waals surface area contributed by atoms with Crippen LogP contribution in [-0.2, 0) is 16.0 Å². The van der Waals surface area contributed by atoms with E-state index in [0.29, 0.717) is 12.1 Å². The Balaban J connectivity index is 2.82. The zero-order valence-electron chi connectivity index (χ0n) is 15.2. The molecule has 0 saturated carbocycles. The number of benzene rings is 1. The summed E-state index contributed by atoms with van der Waals surface area (Å²) in [6.07, 6.45) is 9.42. The van der Waals surface area contributed by atoms with E-state index in [1.807, 2.05) is 6.92 Å². The normalized spacial score (nSPS) is 12.5. The van der Waals surface area contributed by atoms with E-state index < -0.39 is 29.5 Å². The maximum absolute atomic E-state index is 13.4. The van der Waals surface area contributed by atoms with Gasteiger partial charge in [-0.2, -0.15) is 0 Å². The van der Waals surface area contributed by atoms with Crippen molar-refractivity contribution in [3.8, 4) is 0 Å². The van der Waals surface area contributed by atoms with Crippen LogP contribution < -0.4 is 10.6 Å². The fraction of sp³-hybridized carbons (Fsp3) is 0.400. The molecule has 1 aromatic rings. The van der Waals surface area contributed by atoms with Crippen molar-refractivity contribution >= 4 is 11.8 Å². The number of hydrogen-bond acceptors (Lipinski definition) is 2. The van der Waals surface area contributed by atoms with Gasteiger partial charge in [-0.1, -0.05) is 38.0 Å². The van der Waals surface area contributed by atoms with Crippen molar-refractivity contribution < 1.29 is 18.4 Å². The summed E-state index contributed by atoms with van der Waals surface area (Å²) in [5, 5.41) is 5.26. The van der Waals surface area contributed by atoms with E-state index in [-0.39, 0.29) is 6.42 Å². The van der Waals surface area contributed by atoms with Crippen molar-refractivity contribution in [1.29, 1.82) is 0 Å². The van der Waals surface area contributed by atoms with Crippen molar-refractivity contribution in [1.82, 2.24) is 10.6 Å². The third-order valence-electron chi connectivity index (χ3n) is 3.62. The van der Waals surface area contributed by atoms with Crippen LogP contribution in [0.25, 0.3) is 0 Å². The van der Waals surface area contributed by atoms with Crippen LogP contribution in [0.3, 0.4) is 0 Å². The van der Waals surface area contributed by atoms with Gasteiger partial charge in [-0.05, 0) is 37.1 Å². The number of rotatable bonds is 10. The molecule has 0 unspecified atom stereocenters. The molecule has 1 atom stereocenters. The predicted molar refractivity (Wildman–Crippen MR) is 98.5 cm³/mol. The van der Waals surface area contributed by atoms with Gasteiger partial charge in [0.15, 0.2) is 0 Å². The molecule has 4 nitrogen and oxygen atoms in total. The van der Waals surface area contributed by atoms with Crippen molar-refractivity contribution in [3.63, 3.8) is 0 Å². The van der Waals surface area contributed by atoms with Crippen LogP contribution in [-0.4, -0.2) is 24.4 Å². The second-order valence-corrected chi connectivity index (χ2v) is 5.90. The molecule has 0 bridgehead atoms. The zero-order chi connectivity index (χ0) is 19.4. The van der Waals surface area contributed by atoms with E-state index in [9.17, 15) is 18.4 Å². The van der Waals surface area contributed by atoms with Crippen LogP contribution in [0, 0.1) is 11.6 Å². The van der Waals surface area contributed by atoms with Crippen LogP contribution >= 0.6 is 0 Å². The molecule has 0 fully saturated rings. The Labute approximate surface area is 153 Å². The number of allylic oxidation sites excluding steroid dienone is 2. The summed E-state index contributed by atoms with van der Waals surface area (Å²) in [5.41, 5.74) is 0.295. The minimum atomic E-state index is -0.926. The summed E-state index contributed by atoms with van der Waals surface area (Å²) in [5.74, 6) is -2.27. The van der Waals surface area contributed by atoms with Crippen molar-refractivity contribution in [3.05, 3.63) is 59.7 Å². The lowest BCUT2D eigenvalue weighted by Gasteiger charge is -2.17. The number of halogens is 2. The second kappa shape index (κ2) is 12.0. The highest BCUT2D eigenvalue weighted by Crippen LogP contribution is 2.10. The average molecular weight is 364 g/mol. The molecule has 2 N–H and O–H groups in total. The lowest BCUT2D eigenvalue weighted by atomic mass is 10.0. The van der Waals surface area contributed by atoms with Gasteiger partial charge in [0, 0.05) is 19.0 Å². The van der Waals surface area contributed by atoms with Crippen LogP contribution in [0.1, 0.15) is 38.7 Å². The van der Waals surface area contributed by atoms with E-state index in [0.717, 1.165) is 37.5 Å². The maximum Gasteiger partial charge on any atom is 0.244 e. The molecule has 142 valence electrons. The van der Waals surface area contributed by atoms with Gasteiger partial charge in [0.25, 0.3) is 0 Å². The summed E-state index contributed by atoms with van der Waals surface area (Å²) < 4.78 is 26.8. The Kier molecular flexibility index (Phi) is 9.90. The van der Waals surface area contributed by atoms with Crippen LogP contribution in [0.2, 0.25) is 0 Å².